The molecule has 0 aliphatic carbocycles. The van der Waals surface area contributed by atoms with Crippen molar-refractivity contribution in [3.63, 3.8) is 0 Å². The predicted molar refractivity (Wildman–Crippen MR) is 64.8 cm³/mol. The monoisotopic (exact) mass is 282 g/mol. The van der Waals surface area contributed by atoms with E-state index < -0.39 is 31.2 Å². The number of fused-ring (bicyclic) bond motifs is 1. The zero-order chi connectivity index (χ0) is 14.3. The van der Waals surface area contributed by atoms with Gasteiger partial charge < -0.3 is 29.8 Å². The van der Waals surface area contributed by atoms with Crippen LogP contribution in [0.15, 0.2) is 6.33 Å². The van der Waals surface area contributed by atoms with Gasteiger partial charge in [0, 0.05) is 0 Å². The van der Waals surface area contributed by atoms with Crippen molar-refractivity contribution in [2.45, 2.75) is 31.5 Å². The highest BCUT2D eigenvalue weighted by Gasteiger charge is 2.44. The Morgan fingerprint density at radius 3 is 2.85 bits per heavy atom. The fourth-order valence-electron chi connectivity index (χ4n) is 2.07. The normalized spacial score (nSPS) is 30.0. The van der Waals surface area contributed by atoms with Gasteiger partial charge >= 0.3 is 0 Å². The number of aryl methyl sites for hydroxylation is 1. The molecule has 1 aliphatic heterocycles. The summed E-state index contributed by atoms with van der Waals surface area (Å²) in [6.07, 6.45) is -3.06. The summed E-state index contributed by atoms with van der Waals surface area (Å²) in [5.41, 5.74) is 0.896. The average Bonchev–Trinajstić information content (AvgIpc) is 2.98. The minimum absolute atomic E-state index is 0.167. The minimum Gasteiger partial charge on any atom is -0.443 e. The number of hydrogen-bond donors (Lipinski definition) is 4. The molecule has 0 bridgehead atoms. The lowest BCUT2D eigenvalue weighted by Crippen LogP contribution is -2.35. The Morgan fingerprint density at radius 2 is 2.15 bits per heavy atom. The smallest absolute Gasteiger partial charge is 0.245 e. The van der Waals surface area contributed by atoms with Crippen molar-refractivity contribution in [1.82, 2.24) is 19.9 Å². The number of aromatic nitrogens is 4. The highest BCUT2D eigenvalue weighted by Crippen LogP contribution is 2.26. The third kappa shape index (κ3) is 2.10. The van der Waals surface area contributed by atoms with Crippen LogP contribution in [0.3, 0.4) is 0 Å². The first kappa shape index (κ1) is 13.2. The van der Waals surface area contributed by atoms with Crippen molar-refractivity contribution < 1.29 is 24.8 Å². The van der Waals surface area contributed by atoms with Crippen LogP contribution in [0.5, 0.6) is 5.88 Å². The van der Waals surface area contributed by atoms with E-state index in [0.717, 1.165) is 0 Å². The molecule has 108 valence electrons. The van der Waals surface area contributed by atoms with Crippen molar-refractivity contribution in [1.29, 1.82) is 0 Å². The minimum atomic E-state index is -1.28. The molecule has 0 radical (unpaired) electrons. The Labute approximate surface area is 113 Å². The van der Waals surface area contributed by atoms with Gasteiger partial charge in [-0.2, -0.15) is 4.98 Å². The second-order valence-corrected chi connectivity index (χ2v) is 4.50. The molecule has 9 nitrogen and oxygen atoms in total. The van der Waals surface area contributed by atoms with Gasteiger partial charge in [-0.3, -0.25) is 0 Å². The lowest BCUT2D eigenvalue weighted by molar-refractivity contribution is -0.117. The van der Waals surface area contributed by atoms with E-state index in [1.54, 1.807) is 6.92 Å². The lowest BCUT2D eigenvalue weighted by atomic mass is 10.1. The first-order valence-electron chi connectivity index (χ1n) is 6.07. The van der Waals surface area contributed by atoms with Gasteiger partial charge in [0.1, 0.15) is 29.7 Å². The van der Waals surface area contributed by atoms with Gasteiger partial charge in [-0.25, -0.2) is 9.97 Å². The zero-order valence-electron chi connectivity index (χ0n) is 10.6. The van der Waals surface area contributed by atoms with Crippen LogP contribution in [0.2, 0.25) is 0 Å². The maximum Gasteiger partial charge on any atom is 0.245 e. The van der Waals surface area contributed by atoms with Crippen LogP contribution >= 0.6 is 0 Å². The number of rotatable bonds is 3. The summed E-state index contributed by atoms with van der Waals surface area (Å²) in [5.74, 6) is 0.617. The Hall–Kier alpha value is -1.81. The number of imidazole rings is 1. The number of aliphatic hydroxyl groups is 3. The Morgan fingerprint density at radius 1 is 1.35 bits per heavy atom. The molecule has 1 unspecified atom stereocenters. The molecule has 20 heavy (non-hydrogen) atoms. The number of aliphatic hydroxyl groups excluding tert-OH is 3. The van der Waals surface area contributed by atoms with Gasteiger partial charge in [-0.1, -0.05) is 0 Å². The maximum atomic E-state index is 9.83. The second-order valence-electron chi connectivity index (χ2n) is 4.50. The Balaban J connectivity index is 1.88. The third-order valence-electron chi connectivity index (χ3n) is 3.09. The summed E-state index contributed by atoms with van der Waals surface area (Å²) in [6.45, 7) is 1.26. The molecule has 4 atom stereocenters. The van der Waals surface area contributed by atoms with Crippen LogP contribution in [0.25, 0.3) is 11.2 Å². The Bertz CT molecular complexity index is 618. The summed E-state index contributed by atoms with van der Waals surface area (Å²) >= 11 is 0. The van der Waals surface area contributed by atoms with Crippen LogP contribution < -0.4 is 4.74 Å². The lowest BCUT2D eigenvalue weighted by Gasteiger charge is -2.16. The van der Waals surface area contributed by atoms with Crippen molar-refractivity contribution in [2.75, 3.05) is 6.61 Å². The van der Waals surface area contributed by atoms with E-state index in [0.29, 0.717) is 17.0 Å². The summed E-state index contributed by atoms with van der Waals surface area (Å²) in [7, 11) is 0. The van der Waals surface area contributed by atoms with Crippen LogP contribution in [0.4, 0.5) is 0 Å². The Kier molecular flexibility index (Phi) is 3.26. The molecule has 1 aliphatic rings. The molecule has 0 aromatic carbocycles. The van der Waals surface area contributed by atoms with Gasteiger partial charge in [0.05, 0.1) is 12.9 Å². The molecule has 3 rings (SSSR count). The van der Waals surface area contributed by atoms with Gasteiger partial charge in [0.15, 0.2) is 5.65 Å². The molecule has 4 N–H and O–H groups in total. The fourth-order valence-corrected chi connectivity index (χ4v) is 2.07. The molecule has 0 amide bonds. The topological polar surface area (TPSA) is 134 Å². The number of H-pyrrole nitrogens is 1. The van der Waals surface area contributed by atoms with E-state index in [1.807, 2.05) is 0 Å². The van der Waals surface area contributed by atoms with E-state index in [-0.39, 0.29) is 5.88 Å². The van der Waals surface area contributed by atoms with Crippen molar-refractivity contribution in [3.05, 3.63) is 12.2 Å². The molecule has 1 saturated heterocycles. The van der Waals surface area contributed by atoms with Gasteiger partial charge in [0.25, 0.3) is 0 Å². The molecular weight excluding hydrogens is 268 g/mol. The zero-order valence-corrected chi connectivity index (χ0v) is 10.6. The van der Waals surface area contributed by atoms with Gasteiger partial charge in [-0.05, 0) is 6.92 Å². The largest absolute Gasteiger partial charge is 0.443 e. The quantitative estimate of drug-likeness (QED) is 0.533. The van der Waals surface area contributed by atoms with Gasteiger partial charge in [-0.15, -0.1) is 0 Å². The van der Waals surface area contributed by atoms with E-state index in [1.165, 1.54) is 6.33 Å². The molecular formula is C11H14N4O5. The molecule has 0 saturated carbocycles. The summed E-state index contributed by atoms with van der Waals surface area (Å²) in [6, 6.07) is 0. The SMILES string of the molecule is Cc1nc(OC2O[C@H](CO)[C@@H](O)[C@@H]2O)c2[nH]cnc2n1. The van der Waals surface area contributed by atoms with Crippen LogP contribution in [-0.4, -0.2) is 66.5 Å². The highest BCUT2D eigenvalue weighted by atomic mass is 16.7. The number of nitrogens with one attached hydrogen (secondary N) is 1. The van der Waals surface area contributed by atoms with Crippen molar-refractivity contribution in [2.24, 2.45) is 0 Å². The number of nitrogens with zero attached hydrogens (tertiary/aromatic N) is 3. The first-order chi connectivity index (χ1) is 9.60. The standard InChI is InChI=1S/C11H14N4O5/c1-4-14-9-6(12-3-13-9)10(15-4)20-11-8(18)7(17)5(2-16)19-11/h3,5,7-8,11,16-18H,2H2,1H3,(H,12,13,14,15)/t5-,7-,8+,11?/m1/s1. The number of hydrogen-bond acceptors (Lipinski definition) is 8. The summed E-state index contributed by atoms with van der Waals surface area (Å²) < 4.78 is 10.7. The maximum absolute atomic E-state index is 9.83. The number of ether oxygens (including phenoxy) is 2. The van der Waals surface area contributed by atoms with Crippen LogP contribution in [0.1, 0.15) is 5.82 Å². The summed E-state index contributed by atoms with van der Waals surface area (Å²) in [4.78, 5) is 15.0. The molecule has 1 fully saturated rings. The van der Waals surface area contributed by atoms with E-state index >= 15 is 0 Å². The molecule has 9 heteroatoms. The van der Waals surface area contributed by atoms with E-state index in [4.69, 9.17) is 14.6 Å². The second kappa shape index (κ2) is 4.94. The molecule has 2 aromatic heterocycles. The summed E-state index contributed by atoms with van der Waals surface area (Å²) in [5, 5.41) is 28.5. The van der Waals surface area contributed by atoms with E-state index in [9.17, 15) is 10.2 Å². The van der Waals surface area contributed by atoms with Gasteiger partial charge in [0.2, 0.25) is 12.2 Å². The fraction of sp³-hybridized carbons (Fsp3) is 0.545. The van der Waals surface area contributed by atoms with E-state index in [2.05, 4.69) is 19.9 Å². The highest BCUT2D eigenvalue weighted by molar-refractivity contribution is 5.75. The molecule has 2 aromatic rings. The molecule has 0 spiro atoms. The predicted octanol–water partition coefficient (Wildman–Crippen LogP) is -1.52. The van der Waals surface area contributed by atoms with Crippen molar-refractivity contribution in [3.8, 4) is 5.88 Å². The van der Waals surface area contributed by atoms with Crippen molar-refractivity contribution >= 4 is 11.2 Å². The third-order valence-corrected chi connectivity index (χ3v) is 3.09. The average molecular weight is 282 g/mol. The van der Waals surface area contributed by atoms with Crippen LogP contribution in [0, 0.1) is 6.92 Å². The first-order valence-corrected chi connectivity index (χ1v) is 6.07. The number of aromatic amines is 1. The molecule has 3 heterocycles. The van der Waals surface area contributed by atoms with Crippen LogP contribution in [-0.2, 0) is 4.74 Å².